The van der Waals surface area contributed by atoms with Crippen LogP contribution in [0.5, 0.6) is 0 Å². The van der Waals surface area contributed by atoms with Gasteiger partial charge in [-0.15, -0.1) is 0 Å². The van der Waals surface area contributed by atoms with Gasteiger partial charge in [-0.25, -0.2) is 4.18 Å². The summed E-state index contributed by atoms with van der Waals surface area (Å²) in [5.41, 5.74) is 0. The number of hydrogen-bond acceptors (Lipinski definition) is 3. The molecule has 0 aromatic rings. The predicted molar refractivity (Wildman–Crippen MR) is 28.9 cm³/mol. The summed E-state index contributed by atoms with van der Waals surface area (Å²) >= 11 is 0. The van der Waals surface area contributed by atoms with E-state index in [0.29, 0.717) is 0 Å². The molecular formula is C3H9LiO4S. The van der Waals surface area contributed by atoms with Gasteiger partial charge in [-0.1, -0.05) is 0 Å². The van der Waals surface area contributed by atoms with Gasteiger partial charge in [0, 0.05) is 0 Å². The van der Waals surface area contributed by atoms with Crippen LogP contribution in [0.1, 0.15) is 15.3 Å². The summed E-state index contributed by atoms with van der Waals surface area (Å²) in [5.74, 6) is 0. The van der Waals surface area contributed by atoms with Crippen molar-refractivity contribution in [1.29, 1.82) is 0 Å². The zero-order valence-corrected chi connectivity index (χ0v) is 6.47. The van der Waals surface area contributed by atoms with Crippen LogP contribution in [-0.4, -0.2) is 19.1 Å². The molecule has 0 bridgehead atoms. The van der Waals surface area contributed by atoms with Crippen LogP contribution >= 0.6 is 0 Å². The van der Waals surface area contributed by atoms with Crippen molar-refractivity contribution in [3.8, 4) is 0 Å². The van der Waals surface area contributed by atoms with E-state index in [-0.39, 0.29) is 20.3 Å². The van der Waals surface area contributed by atoms with Gasteiger partial charge in [-0.05, 0) is 13.8 Å². The molecule has 0 spiro atoms. The molecular weight excluding hydrogens is 139 g/mol. The minimum atomic E-state index is -4.22. The summed E-state index contributed by atoms with van der Waals surface area (Å²) in [6, 6.07) is 0. The fourth-order valence-corrected chi connectivity index (χ4v) is 0.730. The van der Waals surface area contributed by atoms with Gasteiger partial charge in [0.05, 0.1) is 6.10 Å². The Balaban J connectivity index is -0.000000245. The molecule has 0 aliphatic rings. The fourth-order valence-electron chi connectivity index (χ4n) is 0.243. The third kappa shape index (κ3) is 11.8. The molecule has 0 heterocycles. The van der Waals surface area contributed by atoms with E-state index in [1.165, 1.54) is 13.8 Å². The van der Waals surface area contributed by atoms with Crippen molar-refractivity contribution in [1.82, 2.24) is 0 Å². The molecule has 0 amide bonds. The quantitative estimate of drug-likeness (QED) is 0.342. The van der Waals surface area contributed by atoms with E-state index < -0.39 is 16.5 Å². The Morgan fingerprint density at radius 1 is 1.56 bits per heavy atom. The SMILES string of the molecule is CC(C)OS(=O)(=O)O.[H-].[Li+]. The molecule has 0 aromatic heterocycles. The van der Waals surface area contributed by atoms with E-state index in [9.17, 15) is 8.42 Å². The van der Waals surface area contributed by atoms with Gasteiger partial charge in [0.1, 0.15) is 0 Å². The molecule has 0 aliphatic heterocycles. The molecule has 4 nitrogen and oxygen atoms in total. The van der Waals surface area contributed by atoms with Gasteiger partial charge in [-0.2, -0.15) is 8.42 Å². The number of rotatable bonds is 2. The molecule has 0 saturated heterocycles. The summed E-state index contributed by atoms with van der Waals surface area (Å²) in [4.78, 5) is 0. The Hall–Kier alpha value is 0.467. The van der Waals surface area contributed by atoms with Crippen molar-refractivity contribution in [2.45, 2.75) is 20.0 Å². The zero-order valence-electron chi connectivity index (χ0n) is 6.66. The van der Waals surface area contributed by atoms with Gasteiger partial charge >= 0.3 is 29.3 Å². The van der Waals surface area contributed by atoms with Crippen LogP contribution in [0.4, 0.5) is 0 Å². The first-order chi connectivity index (χ1) is 3.42. The van der Waals surface area contributed by atoms with Crippen molar-refractivity contribution in [2.24, 2.45) is 0 Å². The molecule has 0 aromatic carbocycles. The molecule has 0 atom stereocenters. The second kappa shape index (κ2) is 4.31. The molecule has 0 saturated carbocycles. The van der Waals surface area contributed by atoms with E-state index in [2.05, 4.69) is 4.18 Å². The van der Waals surface area contributed by atoms with E-state index in [1.807, 2.05) is 0 Å². The third-order valence-electron chi connectivity index (χ3n) is 0.314. The van der Waals surface area contributed by atoms with Crippen LogP contribution in [0.2, 0.25) is 0 Å². The van der Waals surface area contributed by atoms with Crippen LogP contribution in [0.3, 0.4) is 0 Å². The Labute approximate surface area is 68.2 Å². The molecule has 0 fully saturated rings. The Kier molecular flexibility index (Phi) is 5.83. The summed E-state index contributed by atoms with van der Waals surface area (Å²) in [6.07, 6.45) is -0.495. The monoisotopic (exact) mass is 148 g/mol. The predicted octanol–water partition coefficient (Wildman–Crippen LogP) is -2.67. The summed E-state index contributed by atoms with van der Waals surface area (Å²) in [7, 11) is -4.22. The average molecular weight is 148 g/mol. The third-order valence-corrected chi connectivity index (χ3v) is 0.942. The summed E-state index contributed by atoms with van der Waals surface area (Å²) < 4.78 is 31.5. The zero-order chi connectivity index (χ0) is 6.78. The van der Waals surface area contributed by atoms with Crippen molar-refractivity contribution >= 4 is 10.4 Å². The van der Waals surface area contributed by atoms with Gasteiger partial charge in [0.25, 0.3) is 0 Å². The second-order valence-corrected chi connectivity index (χ2v) is 2.62. The van der Waals surface area contributed by atoms with E-state index in [4.69, 9.17) is 4.55 Å². The van der Waals surface area contributed by atoms with Crippen LogP contribution < -0.4 is 18.9 Å². The topological polar surface area (TPSA) is 63.6 Å². The van der Waals surface area contributed by atoms with Gasteiger partial charge in [0.15, 0.2) is 0 Å². The fraction of sp³-hybridized carbons (Fsp3) is 1.00. The van der Waals surface area contributed by atoms with Crippen molar-refractivity contribution in [3.63, 3.8) is 0 Å². The largest absolute Gasteiger partial charge is 1.00 e. The van der Waals surface area contributed by atoms with Crippen molar-refractivity contribution < 1.29 is 37.4 Å². The minimum absolute atomic E-state index is 0. The normalized spacial score (nSPS) is 11.1. The van der Waals surface area contributed by atoms with Gasteiger partial charge in [0.2, 0.25) is 0 Å². The van der Waals surface area contributed by atoms with Crippen molar-refractivity contribution in [3.05, 3.63) is 0 Å². The summed E-state index contributed by atoms with van der Waals surface area (Å²) in [5, 5.41) is 0. The van der Waals surface area contributed by atoms with E-state index in [0.717, 1.165) is 0 Å². The van der Waals surface area contributed by atoms with E-state index in [1.54, 1.807) is 0 Å². The average Bonchev–Trinajstić information content (AvgIpc) is 1.21. The molecule has 0 aliphatic carbocycles. The van der Waals surface area contributed by atoms with Crippen LogP contribution in [-0.2, 0) is 14.6 Å². The minimum Gasteiger partial charge on any atom is -1.00 e. The first-order valence-electron chi connectivity index (χ1n) is 2.07. The van der Waals surface area contributed by atoms with Crippen molar-refractivity contribution in [2.75, 3.05) is 0 Å². The Bertz CT molecular complexity index is 154. The number of hydrogen-bond donors (Lipinski definition) is 1. The molecule has 9 heavy (non-hydrogen) atoms. The summed E-state index contributed by atoms with van der Waals surface area (Å²) in [6.45, 7) is 3.02. The maximum atomic E-state index is 9.78. The molecule has 52 valence electrons. The van der Waals surface area contributed by atoms with Crippen LogP contribution in [0.15, 0.2) is 0 Å². The van der Waals surface area contributed by atoms with Gasteiger partial charge < -0.3 is 1.43 Å². The maximum absolute atomic E-state index is 9.78. The van der Waals surface area contributed by atoms with Crippen LogP contribution in [0, 0.1) is 0 Å². The second-order valence-electron chi connectivity index (χ2n) is 1.57. The first kappa shape index (κ1) is 12.2. The first-order valence-corrected chi connectivity index (χ1v) is 3.44. The molecule has 0 unspecified atom stereocenters. The molecule has 0 radical (unpaired) electrons. The van der Waals surface area contributed by atoms with Gasteiger partial charge in [-0.3, -0.25) is 4.55 Å². The molecule has 0 rings (SSSR count). The standard InChI is InChI=1S/C3H8O4S.Li.H/c1-3(2)7-8(4,5)6;;/h3H,1-2H3,(H,4,5,6);;/q;+1;-1. The molecule has 6 heteroatoms. The molecule has 1 N–H and O–H groups in total. The maximum Gasteiger partial charge on any atom is 1.00 e. The smallest absolute Gasteiger partial charge is 1.00 e. The Morgan fingerprint density at radius 2 is 1.89 bits per heavy atom. The van der Waals surface area contributed by atoms with Crippen LogP contribution in [0.25, 0.3) is 0 Å². The Morgan fingerprint density at radius 3 is 1.89 bits per heavy atom. The van der Waals surface area contributed by atoms with E-state index >= 15 is 0 Å².